The third-order valence-corrected chi connectivity index (χ3v) is 7.94. The van der Waals surface area contributed by atoms with Crippen LogP contribution in [-0.2, 0) is 16.6 Å². The van der Waals surface area contributed by atoms with Crippen molar-refractivity contribution in [2.24, 2.45) is 4.99 Å². The minimum Gasteiger partial charge on any atom is -0.316 e. The lowest BCUT2D eigenvalue weighted by Crippen LogP contribution is -2.16. The minimum absolute atomic E-state index is 0.157. The fourth-order valence-corrected chi connectivity index (χ4v) is 6.14. The number of nitrogens with zero attached hydrogens (tertiary/aromatic N) is 2. The molecule has 1 amide bonds. The first-order chi connectivity index (χ1) is 15.3. The number of rotatable bonds is 5. The topological polar surface area (TPSA) is 80.5 Å². The molecule has 0 radical (unpaired) electrons. The molecule has 0 saturated heterocycles. The number of benzene rings is 3. The van der Waals surface area contributed by atoms with Gasteiger partial charge in [0.05, 0.1) is 15.1 Å². The molecule has 1 aromatic heterocycles. The van der Waals surface area contributed by atoms with Gasteiger partial charge in [0.2, 0.25) is 0 Å². The van der Waals surface area contributed by atoms with Crippen LogP contribution in [0.25, 0.3) is 10.2 Å². The van der Waals surface area contributed by atoms with Crippen molar-refractivity contribution in [2.75, 3.05) is 4.72 Å². The molecule has 9 heteroatoms. The number of anilines is 1. The lowest BCUT2D eigenvalue weighted by Gasteiger charge is -2.09. The summed E-state index contributed by atoms with van der Waals surface area (Å²) in [7, 11) is -3.76. The SMILES string of the molecule is CCn1c(=NC(=O)c2cccc(NS(=O)(=O)c3ccc(C)cc3)c2)sc2cccc(Br)c21. The van der Waals surface area contributed by atoms with Crippen LogP contribution < -0.4 is 9.52 Å². The van der Waals surface area contributed by atoms with Crippen LogP contribution in [0.15, 0.2) is 81.1 Å². The second-order valence-corrected chi connectivity index (χ2v) is 10.7. The Balaban J connectivity index is 1.67. The molecule has 4 aromatic rings. The van der Waals surface area contributed by atoms with E-state index in [-0.39, 0.29) is 4.90 Å². The largest absolute Gasteiger partial charge is 0.316 e. The molecule has 6 nitrogen and oxygen atoms in total. The van der Waals surface area contributed by atoms with Gasteiger partial charge in [-0.05, 0) is 72.2 Å². The quantitative estimate of drug-likeness (QED) is 0.379. The third-order valence-electron chi connectivity index (χ3n) is 4.86. The molecule has 164 valence electrons. The number of thiazole rings is 1. The fraction of sp³-hybridized carbons (Fsp3) is 0.130. The van der Waals surface area contributed by atoms with Crippen LogP contribution in [0.1, 0.15) is 22.8 Å². The number of sulfonamides is 1. The molecule has 1 N–H and O–H groups in total. The summed E-state index contributed by atoms with van der Waals surface area (Å²) in [6.45, 7) is 4.54. The predicted octanol–water partition coefficient (Wildman–Crippen LogP) is 5.34. The minimum atomic E-state index is -3.76. The average Bonchev–Trinajstić information content (AvgIpc) is 3.12. The number of amides is 1. The van der Waals surface area contributed by atoms with E-state index in [9.17, 15) is 13.2 Å². The van der Waals surface area contributed by atoms with Crippen molar-refractivity contribution in [2.45, 2.75) is 25.3 Å². The molecule has 0 aliphatic heterocycles. The van der Waals surface area contributed by atoms with Gasteiger partial charge in [-0.2, -0.15) is 4.99 Å². The third kappa shape index (κ3) is 4.55. The van der Waals surface area contributed by atoms with E-state index in [1.807, 2.05) is 36.6 Å². The first kappa shape index (κ1) is 22.4. The van der Waals surface area contributed by atoms with E-state index >= 15 is 0 Å². The first-order valence-electron chi connectivity index (χ1n) is 9.85. The molecule has 0 aliphatic carbocycles. The summed E-state index contributed by atoms with van der Waals surface area (Å²) in [6.07, 6.45) is 0. The van der Waals surface area contributed by atoms with Crippen molar-refractivity contribution in [3.05, 3.63) is 87.1 Å². The molecular weight excluding hydrogens is 510 g/mol. The predicted molar refractivity (Wildman–Crippen MR) is 132 cm³/mol. The van der Waals surface area contributed by atoms with E-state index in [1.165, 1.54) is 17.4 Å². The summed E-state index contributed by atoms with van der Waals surface area (Å²) in [6, 6.07) is 18.8. The van der Waals surface area contributed by atoms with Crippen LogP contribution >= 0.6 is 27.3 Å². The van der Waals surface area contributed by atoms with Crippen molar-refractivity contribution >= 4 is 59.1 Å². The number of aromatic nitrogens is 1. The Bertz CT molecular complexity index is 1490. The van der Waals surface area contributed by atoms with Gasteiger partial charge in [0.15, 0.2) is 4.80 Å². The number of fused-ring (bicyclic) bond motifs is 1. The highest BCUT2D eigenvalue weighted by atomic mass is 79.9. The first-order valence-corrected chi connectivity index (χ1v) is 12.9. The fourth-order valence-electron chi connectivity index (χ4n) is 3.26. The standard InChI is InChI=1S/C23H20BrN3O3S2/c1-3-27-21-19(24)8-5-9-20(21)31-23(27)25-22(28)16-6-4-7-17(14-16)26-32(29,30)18-12-10-15(2)11-13-18/h4-14,26H,3H2,1-2H3. The molecule has 0 saturated carbocycles. The van der Waals surface area contributed by atoms with Gasteiger partial charge in [0.25, 0.3) is 15.9 Å². The molecule has 0 unspecified atom stereocenters. The normalized spacial score (nSPS) is 12.3. The molecule has 0 spiro atoms. The van der Waals surface area contributed by atoms with E-state index in [0.29, 0.717) is 22.6 Å². The van der Waals surface area contributed by atoms with Crippen molar-refractivity contribution in [1.29, 1.82) is 0 Å². The second-order valence-electron chi connectivity index (χ2n) is 7.13. The van der Waals surface area contributed by atoms with Crippen molar-refractivity contribution in [1.82, 2.24) is 4.57 Å². The van der Waals surface area contributed by atoms with Gasteiger partial charge >= 0.3 is 0 Å². The average molecular weight is 530 g/mol. The highest BCUT2D eigenvalue weighted by molar-refractivity contribution is 9.10. The molecular formula is C23H20BrN3O3S2. The maximum Gasteiger partial charge on any atom is 0.279 e. The maximum absolute atomic E-state index is 12.9. The van der Waals surface area contributed by atoms with Gasteiger partial charge in [0.1, 0.15) is 0 Å². The highest BCUT2D eigenvalue weighted by Crippen LogP contribution is 2.26. The molecule has 0 bridgehead atoms. The zero-order valence-corrected chi connectivity index (χ0v) is 20.6. The van der Waals surface area contributed by atoms with E-state index < -0.39 is 15.9 Å². The zero-order valence-electron chi connectivity index (χ0n) is 17.4. The summed E-state index contributed by atoms with van der Waals surface area (Å²) < 4.78 is 31.8. The number of hydrogen-bond acceptors (Lipinski definition) is 4. The number of nitrogens with one attached hydrogen (secondary N) is 1. The summed E-state index contributed by atoms with van der Waals surface area (Å²) in [4.78, 5) is 18.0. The molecule has 0 atom stereocenters. The van der Waals surface area contributed by atoms with Crippen molar-refractivity contribution in [3.63, 3.8) is 0 Å². The van der Waals surface area contributed by atoms with Crippen LogP contribution in [0.4, 0.5) is 5.69 Å². The Morgan fingerprint density at radius 1 is 1.09 bits per heavy atom. The lowest BCUT2D eigenvalue weighted by molar-refractivity contribution is 0.0998. The van der Waals surface area contributed by atoms with E-state index in [0.717, 1.165) is 20.3 Å². The van der Waals surface area contributed by atoms with Crippen molar-refractivity contribution < 1.29 is 13.2 Å². The number of aryl methyl sites for hydroxylation is 2. The molecule has 3 aromatic carbocycles. The van der Waals surface area contributed by atoms with Gasteiger partial charge < -0.3 is 4.57 Å². The molecule has 32 heavy (non-hydrogen) atoms. The Kier molecular flexibility index (Phi) is 6.32. The maximum atomic E-state index is 12.9. The number of hydrogen-bond donors (Lipinski definition) is 1. The van der Waals surface area contributed by atoms with Gasteiger partial charge in [-0.25, -0.2) is 8.42 Å². The molecule has 4 rings (SSSR count). The molecule has 1 heterocycles. The van der Waals surface area contributed by atoms with E-state index in [2.05, 4.69) is 25.6 Å². The van der Waals surface area contributed by atoms with Crippen LogP contribution in [0.2, 0.25) is 0 Å². The highest BCUT2D eigenvalue weighted by Gasteiger charge is 2.15. The number of carbonyl (C=O) groups is 1. The van der Waals surface area contributed by atoms with Gasteiger partial charge in [0, 0.05) is 22.3 Å². The second kappa shape index (κ2) is 9.01. The lowest BCUT2D eigenvalue weighted by atomic mass is 10.2. The Morgan fingerprint density at radius 3 is 2.53 bits per heavy atom. The smallest absolute Gasteiger partial charge is 0.279 e. The molecule has 0 aliphatic rings. The van der Waals surface area contributed by atoms with Crippen LogP contribution in [0.5, 0.6) is 0 Å². The number of carbonyl (C=O) groups excluding carboxylic acids is 1. The van der Waals surface area contributed by atoms with Crippen LogP contribution in [-0.4, -0.2) is 18.9 Å². The van der Waals surface area contributed by atoms with E-state index in [4.69, 9.17) is 0 Å². The monoisotopic (exact) mass is 529 g/mol. The van der Waals surface area contributed by atoms with Gasteiger partial charge in [-0.3, -0.25) is 9.52 Å². The van der Waals surface area contributed by atoms with Gasteiger partial charge in [-0.15, -0.1) is 0 Å². The van der Waals surface area contributed by atoms with Crippen LogP contribution in [0.3, 0.4) is 0 Å². The van der Waals surface area contributed by atoms with Crippen molar-refractivity contribution in [3.8, 4) is 0 Å². The summed E-state index contributed by atoms with van der Waals surface area (Å²) in [5.74, 6) is -0.439. The number of halogens is 1. The summed E-state index contributed by atoms with van der Waals surface area (Å²) in [5.41, 5.74) is 2.56. The van der Waals surface area contributed by atoms with E-state index in [1.54, 1.807) is 42.5 Å². The summed E-state index contributed by atoms with van der Waals surface area (Å²) >= 11 is 5.00. The Labute approximate surface area is 198 Å². The number of para-hydroxylation sites is 1. The summed E-state index contributed by atoms with van der Waals surface area (Å²) in [5, 5.41) is 0. The van der Waals surface area contributed by atoms with Crippen LogP contribution in [0, 0.1) is 6.92 Å². The zero-order chi connectivity index (χ0) is 22.9. The Hall–Kier alpha value is -2.75. The Morgan fingerprint density at radius 2 is 1.81 bits per heavy atom. The molecule has 0 fully saturated rings. The van der Waals surface area contributed by atoms with Gasteiger partial charge in [-0.1, -0.05) is 41.2 Å².